The maximum absolute atomic E-state index is 12.2. The van der Waals surface area contributed by atoms with Gasteiger partial charge in [0, 0.05) is 12.5 Å². The summed E-state index contributed by atoms with van der Waals surface area (Å²) >= 11 is 0. The molecule has 0 aromatic heterocycles. The first-order valence-electron chi connectivity index (χ1n) is 7.10. The summed E-state index contributed by atoms with van der Waals surface area (Å²) in [5, 5.41) is 11.6. The fraction of sp³-hybridized carbons (Fsp3) is 0.500. The standard InChI is InChI=1S/C16H23NO5/c1-5-22-13-7-6-11(21-4)8-12(13)17-14(18)9-16(2,3)10-15(19)20/h6-8H,5,9-10H2,1-4H3,(H,17,18)(H,19,20). The van der Waals surface area contributed by atoms with Gasteiger partial charge in [-0.05, 0) is 24.5 Å². The molecule has 0 spiro atoms. The van der Waals surface area contributed by atoms with Gasteiger partial charge < -0.3 is 19.9 Å². The summed E-state index contributed by atoms with van der Waals surface area (Å²) in [6.45, 7) is 5.82. The predicted molar refractivity (Wildman–Crippen MR) is 83.4 cm³/mol. The Kier molecular flexibility index (Phi) is 6.22. The molecule has 1 amide bonds. The van der Waals surface area contributed by atoms with Crippen molar-refractivity contribution in [1.29, 1.82) is 0 Å². The summed E-state index contributed by atoms with van der Waals surface area (Å²) in [4.78, 5) is 23.0. The number of rotatable bonds is 8. The van der Waals surface area contributed by atoms with Crippen LogP contribution in [0, 0.1) is 5.41 Å². The number of anilines is 1. The third-order valence-electron chi connectivity index (χ3n) is 3.03. The first-order valence-corrected chi connectivity index (χ1v) is 7.10. The quantitative estimate of drug-likeness (QED) is 0.771. The molecule has 1 aromatic carbocycles. The Morgan fingerprint density at radius 1 is 1.27 bits per heavy atom. The highest BCUT2D eigenvalue weighted by Gasteiger charge is 2.25. The molecule has 0 aliphatic carbocycles. The van der Waals surface area contributed by atoms with Gasteiger partial charge in [0.1, 0.15) is 11.5 Å². The van der Waals surface area contributed by atoms with Crippen molar-refractivity contribution >= 4 is 17.6 Å². The molecule has 6 nitrogen and oxygen atoms in total. The average molecular weight is 309 g/mol. The molecule has 22 heavy (non-hydrogen) atoms. The number of amides is 1. The maximum Gasteiger partial charge on any atom is 0.303 e. The van der Waals surface area contributed by atoms with E-state index in [2.05, 4.69) is 5.32 Å². The van der Waals surface area contributed by atoms with Crippen LogP contribution in [-0.4, -0.2) is 30.7 Å². The van der Waals surface area contributed by atoms with E-state index >= 15 is 0 Å². The molecule has 1 rings (SSSR count). The predicted octanol–water partition coefficient (Wildman–Crippen LogP) is 2.92. The third kappa shape index (κ3) is 5.63. The second-order valence-electron chi connectivity index (χ2n) is 5.75. The molecule has 0 fully saturated rings. The van der Waals surface area contributed by atoms with Crippen molar-refractivity contribution in [3.05, 3.63) is 18.2 Å². The molecule has 0 aliphatic heterocycles. The molecule has 2 N–H and O–H groups in total. The van der Waals surface area contributed by atoms with Crippen LogP contribution >= 0.6 is 0 Å². The Bertz CT molecular complexity index is 539. The number of carboxylic acid groups (broad SMARTS) is 1. The molecule has 122 valence electrons. The molecule has 0 saturated heterocycles. The van der Waals surface area contributed by atoms with E-state index in [1.807, 2.05) is 6.92 Å². The number of nitrogens with one attached hydrogen (secondary N) is 1. The van der Waals surface area contributed by atoms with Crippen molar-refractivity contribution < 1.29 is 24.2 Å². The van der Waals surface area contributed by atoms with E-state index in [4.69, 9.17) is 14.6 Å². The van der Waals surface area contributed by atoms with E-state index in [1.54, 1.807) is 32.0 Å². The first kappa shape index (κ1) is 17.8. The van der Waals surface area contributed by atoms with E-state index in [9.17, 15) is 9.59 Å². The second kappa shape index (κ2) is 7.68. The minimum absolute atomic E-state index is 0.0726. The van der Waals surface area contributed by atoms with Gasteiger partial charge in [-0.2, -0.15) is 0 Å². The topological polar surface area (TPSA) is 84.9 Å². The molecular weight excluding hydrogens is 286 g/mol. The van der Waals surface area contributed by atoms with Crippen LogP contribution in [0.25, 0.3) is 0 Å². The Morgan fingerprint density at radius 2 is 1.95 bits per heavy atom. The van der Waals surface area contributed by atoms with Crippen LogP contribution in [-0.2, 0) is 9.59 Å². The minimum atomic E-state index is -0.922. The van der Waals surface area contributed by atoms with Gasteiger partial charge in [0.15, 0.2) is 0 Å². The molecule has 1 aromatic rings. The zero-order valence-corrected chi connectivity index (χ0v) is 13.4. The summed E-state index contributed by atoms with van der Waals surface area (Å²) in [5.74, 6) is -0.0362. The first-order chi connectivity index (χ1) is 10.3. The van der Waals surface area contributed by atoms with Crippen LogP contribution in [0.3, 0.4) is 0 Å². The summed E-state index contributed by atoms with van der Waals surface area (Å²) in [5.41, 5.74) is -0.113. The fourth-order valence-electron chi connectivity index (χ4n) is 2.12. The summed E-state index contributed by atoms with van der Waals surface area (Å²) in [6.07, 6.45) is 0.0267. The Balaban J connectivity index is 2.84. The van der Waals surface area contributed by atoms with E-state index in [0.717, 1.165) is 0 Å². The fourth-order valence-corrected chi connectivity index (χ4v) is 2.12. The summed E-state index contributed by atoms with van der Waals surface area (Å²) in [7, 11) is 1.54. The van der Waals surface area contributed by atoms with Crippen LogP contribution in [0.4, 0.5) is 5.69 Å². The lowest BCUT2D eigenvalue weighted by Gasteiger charge is -2.22. The number of carboxylic acids is 1. The van der Waals surface area contributed by atoms with Gasteiger partial charge in [-0.1, -0.05) is 13.8 Å². The number of hydrogen-bond acceptors (Lipinski definition) is 4. The minimum Gasteiger partial charge on any atom is -0.497 e. The lowest BCUT2D eigenvalue weighted by atomic mass is 9.85. The number of benzene rings is 1. The van der Waals surface area contributed by atoms with Gasteiger partial charge in [0.2, 0.25) is 5.91 Å². The lowest BCUT2D eigenvalue weighted by Crippen LogP contribution is -2.25. The van der Waals surface area contributed by atoms with Crippen molar-refractivity contribution in [3.63, 3.8) is 0 Å². The van der Waals surface area contributed by atoms with Crippen molar-refractivity contribution in [2.45, 2.75) is 33.6 Å². The number of aliphatic carboxylic acids is 1. The average Bonchev–Trinajstić information content (AvgIpc) is 2.38. The van der Waals surface area contributed by atoms with Crippen LogP contribution in [0.5, 0.6) is 11.5 Å². The van der Waals surface area contributed by atoms with E-state index < -0.39 is 11.4 Å². The highest BCUT2D eigenvalue weighted by Crippen LogP contribution is 2.31. The number of ether oxygens (including phenoxy) is 2. The van der Waals surface area contributed by atoms with Crippen molar-refractivity contribution in [2.75, 3.05) is 19.0 Å². The smallest absolute Gasteiger partial charge is 0.303 e. The van der Waals surface area contributed by atoms with Gasteiger partial charge in [0.05, 0.1) is 25.8 Å². The highest BCUT2D eigenvalue weighted by molar-refractivity contribution is 5.93. The van der Waals surface area contributed by atoms with Crippen LogP contribution in [0.1, 0.15) is 33.6 Å². The van der Waals surface area contributed by atoms with Gasteiger partial charge in [-0.3, -0.25) is 9.59 Å². The zero-order chi connectivity index (χ0) is 16.8. The normalized spacial score (nSPS) is 10.9. The van der Waals surface area contributed by atoms with Gasteiger partial charge >= 0.3 is 5.97 Å². The van der Waals surface area contributed by atoms with Crippen molar-refractivity contribution in [3.8, 4) is 11.5 Å². The number of carbonyl (C=O) groups excluding carboxylic acids is 1. The third-order valence-corrected chi connectivity index (χ3v) is 3.03. The zero-order valence-electron chi connectivity index (χ0n) is 13.4. The lowest BCUT2D eigenvalue weighted by molar-refractivity contribution is -0.139. The number of methoxy groups -OCH3 is 1. The van der Waals surface area contributed by atoms with Crippen LogP contribution in [0.2, 0.25) is 0 Å². The molecular formula is C16H23NO5. The summed E-state index contributed by atoms with van der Waals surface area (Å²) in [6, 6.07) is 5.14. The molecule has 0 atom stereocenters. The van der Waals surface area contributed by atoms with Crippen LogP contribution in [0.15, 0.2) is 18.2 Å². The van der Waals surface area contributed by atoms with Crippen LogP contribution < -0.4 is 14.8 Å². The largest absolute Gasteiger partial charge is 0.497 e. The summed E-state index contributed by atoms with van der Waals surface area (Å²) < 4.78 is 10.6. The molecule has 0 aliphatic rings. The van der Waals surface area contributed by atoms with E-state index in [1.165, 1.54) is 7.11 Å². The number of hydrogen-bond donors (Lipinski definition) is 2. The van der Waals surface area contributed by atoms with Crippen molar-refractivity contribution in [1.82, 2.24) is 0 Å². The molecule has 0 saturated carbocycles. The van der Waals surface area contributed by atoms with Gasteiger partial charge in [-0.25, -0.2) is 0 Å². The number of carbonyl (C=O) groups is 2. The molecule has 0 heterocycles. The molecule has 0 bridgehead atoms. The van der Waals surface area contributed by atoms with E-state index in [-0.39, 0.29) is 18.7 Å². The molecule has 0 unspecified atom stereocenters. The molecule has 0 radical (unpaired) electrons. The Morgan fingerprint density at radius 3 is 2.50 bits per heavy atom. The Hall–Kier alpha value is -2.24. The maximum atomic E-state index is 12.2. The Labute approximate surface area is 130 Å². The highest BCUT2D eigenvalue weighted by atomic mass is 16.5. The van der Waals surface area contributed by atoms with Gasteiger partial charge in [0.25, 0.3) is 0 Å². The molecule has 6 heteroatoms. The SMILES string of the molecule is CCOc1ccc(OC)cc1NC(=O)CC(C)(C)CC(=O)O. The van der Waals surface area contributed by atoms with E-state index in [0.29, 0.717) is 23.8 Å². The monoisotopic (exact) mass is 309 g/mol. The second-order valence-corrected chi connectivity index (χ2v) is 5.75. The van der Waals surface area contributed by atoms with Crippen molar-refractivity contribution in [2.24, 2.45) is 5.41 Å². The van der Waals surface area contributed by atoms with Gasteiger partial charge in [-0.15, -0.1) is 0 Å².